The number of nitrogens with zero attached hydrogens (tertiary/aromatic N) is 2. The van der Waals surface area contributed by atoms with Crippen LogP contribution in [0.4, 0.5) is 5.95 Å². The van der Waals surface area contributed by atoms with Crippen molar-refractivity contribution in [2.75, 3.05) is 11.9 Å². The molecular formula is C13H16N4O. The molecule has 0 aliphatic rings. The molecule has 1 aromatic heterocycles. The molecule has 18 heavy (non-hydrogen) atoms. The van der Waals surface area contributed by atoms with Gasteiger partial charge in [0, 0.05) is 17.6 Å². The highest BCUT2D eigenvalue weighted by Crippen LogP contribution is 2.11. The van der Waals surface area contributed by atoms with Crippen molar-refractivity contribution in [2.45, 2.75) is 19.9 Å². The fourth-order valence-electron chi connectivity index (χ4n) is 1.59. The van der Waals surface area contributed by atoms with Crippen LogP contribution in [0.1, 0.15) is 13.8 Å². The van der Waals surface area contributed by atoms with Crippen molar-refractivity contribution in [3.8, 4) is 0 Å². The number of carbonyl (C=O) groups is 1. The zero-order chi connectivity index (χ0) is 13.0. The van der Waals surface area contributed by atoms with Crippen molar-refractivity contribution in [1.29, 1.82) is 0 Å². The molecule has 94 valence electrons. The van der Waals surface area contributed by atoms with E-state index in [2.05, 4.69) is 20.6 Å². The second-order valence-corrected chi connectivity index (χ2v) is 4.33. The number of benzene rings is 1. The molecule has 0 unspecified atom stereocenters. The molecule has 0 radical (unpaired) electrons. The first-order valence-electron chi connectivity index (χ1n) is 5.90. The van der Waals surface area contributed by atoms with E-state index >= 15 is 0 Å². The minimum Gasteiger partial charge on any atom is -0.352 e. The zero-order valence-corrected chi connectivity index (χ0v) is 10.5. The van der Waals surface area contributed by atoms with E-state index in [-0.39, 0.29) is 18.5 Å². The summed E-state index contributed by atoms with van der Waals surface area (Å²) in [6.07, 6.45) is 1.74. The van der Waals surface area contributed by atoms with Crippen LogP contribution in [0.25, 0.3) is 10.9 Å². The molecule has 0 bridgehead atoms. The first kappa shape index (κ1) is 12.3. The van der Waals surface area contributed by atoms with Crippen molar-refractivity contribution in [3.63, 3.8) is 0 Å². The molecular weight excluding hydrogens is 228 g/mol. The minimum absolute atomic E-state index is 0.0678. The lowest BCUT2D eigenvalue weighted by Gasteiger charge is -2.09. The van der Waals surface area contributed by atoms with Gasteiger partial charge in [-0.05, 0) is 19.9 Å². The molecule has 2 N–H and O–H groups in total. The molecule has 0 fully saturated rings. The number of rotatable bonds is 4. The Morgan fingerprint density at radius 1 is 1.33 bits per heavy atom. The largest absolute Gasteiger partial charge is 0.352 e. The van der Waals surface area contributed by atoms with E-state index in [1.54, 1.807) is 6.20 Å². The van der Waals surface area contributed by atoms with Crippen molar-refractivity contribution in [2.24, 2.45) is 0 Å². The maximum Gasteiger partial charge on any atom is 0.239 e. The molecule has 5 heteroatoms. The van der Waals surface area contributed by atoms with Gasteiger partial charge in [-0.2, -0.15) is 0 Å². The number of anilines is 1. The van der Waals surface area contributed by atoms with Crippen LogP contribution < -0.4 is 10.6 Å². The molecule has 2 rings (SSSR count). The Labute approximate surface area is 106 Å². The van der Waals surface area contributed by atoms with Crippen LogP contribution in [-0.4, -0.2) is 28.5 Å². The van der Waals surface area contributed by atoms with Crippen LogP contribution in [0.15, 0.2) is 30.5 Å². The lowest BCUT2D eigenvalue weighted by molar-refractivity contribution is -0.119. The molecule has 0 aliphatic carbocycles. The maximum absolute atomic E-state index is 11.5. The van der Waals surface area contributed by atoms with E-state index in [0.29, 0.717) is 5.95 Å². The SMILES string of the molecule is CC(C)NC(=O)CNc1ncc2ccccc2n1. The number of carbonyl (C=O) groups excluding carboxylic acids is 1. The van der Waals surface area contributed by atoms with Gasteiger partial charge < -0.3 is 10.6 Å². The van der Waals surface area contributed by atoms with Crippen molar-refractivity contribution in [3.05, 3.63) is 30.5 Å². The second-order valence-electron chi connectivity index (χ2n) is 4.33. The molecule has 0 saturated heterocycles. The van der Waals surface area contributed by atoms with Gasteiger partial charge in [0.25, 0.3) is 0 Å². The van der Waals surface area contributed by atoms with Gasteiger partial charge in [-0.15, -0.1) is 0 Å². The maximum atomic E-state index is 11.5. The third-order valence-corrected chi connectivity index (χ3v) is 2.35. The first-order valence-corrected chi connectivity index (χ1v) is 5.90. The van der Waals surface area contributed by atoms with Gasteiger partial charge >= 0.3 is 0 Å². The highest BCUT2D eigenvalue weighted by Gasteiger charge is 2.04. The Kier molecular flexibility index (Phi) is 3.72. The summed E-state index contributed by atoms with van der Waals surface area (Å²) in [5.41, 5.74) is 0.860. The topological polar surface area (TPSA) is 66.9 Å². The smallest absolute Gasteiger partial charge is 0.239 e. The number of nitrogens with one attached hydrogen (secondary N) is 2. The van der Waals surface area contributed by atoms with E-state index in [9.17, 15) is 4.79 Å². The summed E-state index contributed by atoms with van der Waals surface area (Å²) >= 11 is 0. The summed E-state index contributed by atoms with van der Waals surface area (Å²) in [4.78, 5) is 19.9. The molecule has 0 aliphatic heterocycles. The highest BCUT2D eigenvalue weighted by atomic mass is 16.1. The zero-order valence-electron chi connectivity index (χ0n) is 10.5. The average Bonchev–Trinajstić information content (AvgIpc) is 2.35. The van der Waals surface area contributed by atoms with E-state index < -0.39 is 0 Å². The van der Waals surface area contributed by atoms with Crippen LogP contribution in [0.5, 0.6) is 0 Å². The van der Waals surface area contributed by atoms with Crippen LogP contribution >= 0.6 is 0 Å². The second kappa shape index (κ2) is 5.44. The monoisotopic (exact) mass is 244 g/mol. The molecule has 1 heterocycles. The summed E-state index contributed by atoms with van der Waals surface area (Å²) in [6, 6.07) is 7.86. The van der Waals surface area contributed by atoms with Gasteiger partial charge in [0.15, 0.2) is 0 Å². The quantitative estimate of drug-likeness (QED) is 0.856. The summed E-state index contributed by atoms with van der Waals surface area (Å²) in [5.74, 6) is 0.398. The van der Waals surface area contributed by atoms with Crippen LogP contribution in [0.2, 0.25) is 0 Å². The third kappa shape index (κ3) is 3.16. The fraction of sp³-hybridized carbons (Fsp3) is 0.308. The molecule has 1 aromatic carbocycles. The number of hydrogen-bond acceptors (Lipinski definition) is 4. The van der Waals surface area contributed by atoms with Crippen molar-refractivity contribution >= 4 is 22.8 Å². The predicted octanol–water partition coefficient (Wildman–Crippen LogP) is 1.57. The standard InChI is InChI=1S/C13H16N4O/c1-9(2)16-12(18)8-15-13-14-7-10-5-3-4-6-11(10)17-13/h3-7,9H,8H2,1-2H3,(H,16,18)(H,14,15,17). The Morgan fingerprint density at radius 3 is 2.89 bits per heavy atom. The minimum atomic E-state index is -0.0678. The van der Waals surface area contributed by atoms with Crippen molar-refractivity contribution < 1.29 is 4.79 Å². The van der Waals surface area contributed by atoms with Gasteiger partial charge in [-0.25, -0.2) is 9.97 Å². The molecule has 0 spiro atoms. The first-order chi connectivity index (χ1) is 8.65. The highest BCUT2D eigenvalue weighted by molar-refractivity contribution is 5.81. The normalized spacial score (nSPS) is 10.6. The fourth-order valence-corrected chi connectivity index (χ4v) is 1.59. The Hall–Kier alpha value is -2.17. The van der Waals surface area contributed by atoms with Gasteiger partial charge in [0.05, 0.1) is 12.1 Å². The number of para-hydroxylation sites is 1. The number of aromatic nitrogens is 2. The number of amides is 1. The third-order valence-electron chi connectivity index (χ3n) is 2.35. The summed E-state index contributed by atoms with van der Waals surface area (Å²) in [5, 5.41) is 6.68. The molecule has 2 aromatic rings. The van der Waals surface area contributed by atoms with Crippen molar-refractivity contribution in [1.82, 2.24) is 15.3 Å². The molecule has 0 saturated carbocycles. The van der Waals surface area contributed by atoms with Crippen LogP contribution in [-0.2, 0) is 4.79 Å². The van der Waals surface area contributed by atoms with Gasteiger partial charge in [-0.3, -0.25) is 4.79 Å². The molecule has 5 nitrogen and oxygen atoms in total. The Morgan fingerprint density at radius 2 is 2.11 bits per heavy atom. The summed E-state index contributed by atoms with van der Waals surface area (Å²) in [6.45, 7) is 4.02. The van der Waals surface area contributed by atoms with E-state index in [1.165, 1.54) is 0 Å². The summed E-state index contributed by atoms with van der Waals surface area (Å²) in [7, 11) is 0. The van der Waals surface area contributed by atoms with Gasteiger partial charge in [0.2, 0.25) is 11.9 Å². The molecule has 1 amide bonds. The van der Waals surface area contributed by atoms with Gasteiger partial charge in [0.1, 0.15) is 0 Å². The lowest BCUT2D eigenvalue weighted by atomic mass is 10.2. The average molecular weight is 244 g/mol. The van der Waals surface area contributed by atoms with E-state index in [1.807, 2.05) is 38.1 Å². The Bertz CT molecular complexity index is 553. The lowest BCUT2D eigenvalue weighted by Crippen LogP contribution is -2.35. The van der Waals surface area contributed by atoms with E-state index in [4.69, 9.17) is 0 Å². The van der Waals surface area contributed by atoms with Gasteiger partial charge in [-0.1, -0.05) is 18.2 Å². The summed E-state index contributed by atoms with van der Waals surface area (Å²) < 4.78 is 0. The predicted molar refractivity (Wildman–Crippen MR) is 71.3 cm³/mol. The number of fused-ring (bicyclic) bond motifs is 1. The van der Waals surface area contributed by atoms with Crippen LogP contribution in [0.3, 0.4) is 0 Å². The Balaban J connectivity index is 2.01. The number of hydrogen-bond donors (Lipinski definition) is 2. The van der Waals surface area contributed by atoms with Crippen LogP contribution in [0, 0.1) is 0 Å². The van der Waals surface area contributed by atoms with E-state index in [0.717, 1.165) is 10.9 Å². The molecule has 0 atom stereocenters.